The van der Waals surface area contributed by atoms with Crippen molar-refractivity contribution < 1.29 is 4.79 Å². The van der Waals surface area contributed by atoms with E-state index < -0.39 is 11.6 Å². The maximum atomic E-state index is 12.5. The van der Waals surface area contributed by atoms with Gasteiger partial charge in [-0.2, -0.15) is 5.26 Å². The zero-order valence-corrected chi connectivity index (χ0v) is 13.9. The van der Waals surface area contributed by atoms with Crippen LogP contribution in [0.3, 0.4) is 0 Å². The fourth-order valence-corrected chi connectivity index (χ4v) is 4.17. The highest BCUT2D eigenvalue weighted by atomic mass is 16.2. The van der Waals surface area contributed by atoms with Crippen molar-refractivity contribution in [3.8, 4) is 6.07 Å². The highest BCUT2D eigenvalue weighted by Crippen LogP contribution is 2.28. The Morgan fingerprint density at radius 2 is 1.91 bits per heavy atom. The lowest BCUT2D eigenvalue weighted by Gasteiger charge is -2.40. The number of nitrogens with zero attached hydrogens (tertiary/aromatic N) is 1. The summed E-state index contributed by atoms with van der Waals surface area (Å²) in [4.78, 5) is 12.5. The van der Waals surface area contributed by atoms with E-state index in [1.807, 2.05) is 0 Å². The molecule has 2 rings (SSSR count). The second-order valence-electron chi connectivity index (χ2n) is 7.41. The van der Waals surface area contributed by atoms with Gasteiger partial charge in [-0.25, -0.2) is 0 Å². The molecule has 0 bridgehead atoms. The van der Waals surface area contributed by atoms with Gasteiger partial charge in [0.2, 0.25) is 5.91 Å². The molecule has 1 saturated heterocycles. The predicted octanol–water partition coefficient (Wildman–Crippen LogP) is 1.82. The number of hydrogen-bond donors (Lipinski definition) is 3. The molecule has 4 N–H and O–H groups in total. The molecule has 124 valence electrons. The Bertz CT molecular complexity index is 415. The molecule has 5 nitrogen and oxygen atoms in total. The summed E-state index contributed by atoms with van der Waals surface area (Å²) in [6.45, 7) is 4.10. The molecule has 0 spiro atoms. The lowest BCUT2D eigenvalue weighted by Crippen LogP contribution is -2.61. The summed E-state index contributed by atoms with van der Waals surface area (Å²) in [5.74, 6) is 0.409. The first-order valence-electron chi connectivity index (χ1n) is 8.69. The van der Waals surface area contributed by atoms with Crippen LogP contribution in [0.25, 0.3) is 0 Å². The Hall–Kier alpha value is -1.12. The van der Waals surface area contributed by atoms with Gasteiger partial charge in [0, 0.05) is 12.1 Å². The molecule has 5 heteroatoms. The summed E-state index contributed by atoms with van der Waals surface area (Å²) in [6, 6.07) is 2.29. The quantitative estimate of drug-likeness (QED) is 0.739. The maximum absolute atomic E-state index is 12.5. The zero-order chi connectivity index (χ0) is 16.2. The standard InChI is InChI=1S/C17H30N4O/c1-12-9-17(11-18,10-13(2)20-12)21-16(22)15(19)8-14-6-4-3-5-7-14/h12-15,20H,3-10,19H2,1-2H3,(H,21,22). The third-order valence-electron chi connectivity index (χ3n) is 5.10. The Morgan fingerprint density at radius 1 is 1.32 bits per heavy atom. The average molecular weight is 306 g/mol. The van der Waals surface area contributed by atoms with Gasteiger partial charge in [0.15, 0.2) is 0 Å². The Kier molecular flexibility index (Phi) is 5.82. The first-order valence-corrected chi connectivity index (χ1v) is 8.69. The van der Waals surface area contributed by atoms with Crippen molar-refractivity contribution in [3.63, 3.8) is 0 Å². The second-order valence-corrected chi connectivity index (χ2v) is 7.41. The lowest BCUT2D eigenvalue weighted by molar-refractivity contribution is -0.124. The molecule has 1 saturated carbocycles. The van der Waals surface area contributed by atoms with Crippen LogP contribution in [0, 0.1) is 17.2 Å². The molecule has 22 heavy (non-hydrogen) atoms. The van der Waals surface area contributed by atoms with Crippen molar-refractivity contribution in [2.24, 2.45) is 11.7 Å². The summed E-state index contributed by atoms with van der Waals surface area (Å²) in [6.07, 6.45) is 8.19. The zero-order valence-electron chi connectivity index (χ0n) is 13.9. The minimum absolute atomic E-state index is 0.159. The van der Waals surface area contributed by atoms with E-state index in [4.69, 9.17) is 5.73 Å². The Balaban J connectivity index is 1.92. The van der Waals surface area contributed by atoms with Crippen molar-refractivity contribution in [1.29, 1.82) is 5.26 Å². The van der Waals surface area contributed by atoms with Gasteiger partial charge in [0.05, 0.1) is 12.1 Å². The van der Waals surface area contributed by atoms with Crippen LogP contribution in [0.5, 0.6) is 0 Å². The van der Waals surface area contributed by atoms with Crippen molar-refractivity contribution in [1.82, 2.24) is 10.6 Å². The van der Waals surface area contributed by atoms with E-state index >= 15 is 0 Å². The smallest absolute Gasteiger partial charge is 0.238 e. The van der Waals surface area contributed by atoms with Gasteiger partial charge < -0.3 is 16.4 Å². The third kappa shape index (κ3) is 4.44. The number of amides is 1. The highest BCUT2D eigenvalue weighted by molar-refractivity contribution is 5.82. The number of rotatable bonds is 4. The number of nitriles is 1. The highest BCUT2D eigenvalue weighted by Gasteiger charge is 2.40. The molecule has 1 aliphatic heterocycles. The average Bonchev–Trinajstić information content (AvgIpc) is 2.47. The molecule has 2 fully saturated rings. The topological polar surface area (TPSA) is 90.9 Å². The number of carbonyl (C=O) groups excluding carboxylic acids is 1. The largest absolute Gasteiger partial charge is 0.336 e. The van der Waals surface area contributed by atoms with Gasteiger partial charge in [0.1, 0.15) is 5.54 Å². The predicted molar refractivity (Wildman–Crippen MR) is 86.9 cm³/mol. The molecule has 0 radical (unpaired) electrons. The SMILES string of the molecule is CC1CC(C#N)(NC(=O)C(N)CC2CCCCC2)CC(C)N1. The number of carbonyl (C=O) groups is 1. The van der Waals surface area contributed by atoms with Crippen molar-refractivity contribution in [3.05, 3.63) is 0 Å². The van der Waals surface area contributed by atoms with E-state index in [1.54, 1.807) is 0 Å². The number of piperidine rings is 1. The number of nitrogens with one attached hydrogen (secondary N) is 2. The van der Waals surface area contributed by atoms with E-state index in [0.717, 1.165) is 6.42 Å². The molecule has 1 aliphatic carbocycles. The molecular formula is C17H30N4O. The van der Waals surface area contributed by atoms with Crippen LogP contribution in [-0.4, -0.2) is 29.6 Å². The molecule has 1 amide bonds. The molecule has 0 aromatic carbocycles. The van der Waals surface area contributed by atoms with Gasteiger partial charge in [-0.1, -0.05) is 32.1 Å². The summed E-state index contributed by atoms with van der Waals surface area (Å²) in [5, 5.41) is 16.0. The monoisotopic (exact) mass is 306 g/mol. The molecule has 3 unspecified atom stereocenters. The van der Waals surface area contributed by atoms with Crippen LogP contribution in [0.1, 0.15) is 65.2 Å². The van der Waals surface area contributed by atoms with E-state index in [0.29, 0.717) is 18.8 Å². The summed E-state index contributed by atoms with van der Waals surface area (Å²) in [7, 11) is 0. The normalized spacial score (nSPS) is 34.6. The fraction of sp³-hybridized carbons (Fsp3) is 0.882. The molecule has 3 atom stereocenters. The summed E-state index contributed by atoms with van der Waals surface area (Å²) in [5.41, 5.74) is 5.34. The van der Waals surface area contributed by atoms with Crippen LogP contribution in [0.2, 0.25) is 0 Å². The molecule has 2 aliphatic rings. The van der Waals surface area contributed by atoms with Crippen molar-refractivity contribution in [2.75, 3.05) is 0 Å². The van der Waals surface area contributed by atoms with Gasteiger partial charge in [0.25, 0.3) is 0 Å². The Morgan fingerprint density at radius 3 is 2.45 bits per heavy atom. The lowest BCUT2D eigenvalue weighted by atomic mass is 9.81. The number of hydrogen-bond acceptors (Lipinski definition) is 4. The summed E-state index contributed by atoms with van der Waals surface area (Å²) < 4.78 is 0. The van der Waals surface area contributed by atoms with E-state index in [-0.39, 0.29) is 18.0 Å². The van der Waals surface area contributed by atoms with Crippen molar-refractivity contribution >= 4 is 5.91 Å². The van der Waals surface area contributed by atoms with Crippen LogP contribution in [0.4, 0.5) is 0 Å². The molecule has 1 heterocycles. The fourth-order valence-electron chi connectivity index (χ4n) is 4.17. The van der Waals surface area contributed by atoms with Crippen LogP contribution in [0.15, 0.2) is 0 Å². The van der Waals surface area contributed by atoms with E-state index in [2.05, 4.69) is 30.6 Å². The van der Waals surface area contributed by atoms with Crippen LogP contribution in [-0.2, 0) is 4.79 Å². The molecule has 0 aromatic heterocycles. The molecule has 0 aromatic rings. The number of nitrogens with two attached hydrogens (primary N) is 1. The maximum Gasteiger partial charge on any atom is 0.238 e. The first kappa shape index (κ1) is 17.2. The van der Waals surface area contributed by atoms with E-state index in [9.17, 15) is 10.1 Å². The van der Waals surface area contributed by atoms with Crippen LogP contribution < -0.4 is 16.4 Å². The van der Waals surface area contributed by atoms with Gasteiger partial charge in [-0.3, -0.25) is 4.79 Å². The van der Waals surface area contributed by atoms with Crippen molar-refractivity contribution in [2.45, 2.75) is 88.9 Å². The molecular weight excluding hydrogens is 276 g/mol. The minimum atomic E-state index is -0.772. The Labute approximate surface area is 134 Å². The van der Waals surface area contributed by atoms with Gasteiger partial charge >= 0.3 is 0 Å². The third-order valence-corrected chi connectivity index (χ3v) is 5.10. The van der Waals surface area contributed by atoms with E-state index in [1.165, 1.54) is 32.1 Å². The minimum Gasteiger partial charge on any atom is -0.336 e. The van der Waals surface area contributed by atoms with Gasteiger partial charge in [-0.15, -0.1) is 0 Å². The second kappa shape index (κ2) is 7.43. The summed E-state index contributed by atoms with van der Waals surface area (Å²) >= 11 is 0. The van der Waals surface area contributed by atoms with Crippen LogP contribution >= 0.6 is 0 Å². The first-order chi connectivity index (χ1) is 10.4. The van der Waals surface area contributed by atoms with Gasteiger partial charge in [-0.05, 0) is 39.0 Å².